The summed E-state index contributed by atoms with van der Waals surface area (Å²) in [6.45, 7) is -0.156. The van der Waals surface area contributed by atoms with Crippen LogP contribution in [0.1, 0.15) is 16.1 Å². The number of pyridine rings is 1. The fourth-order valence-corrected chi connectivity index (χ4v) is 1.96. The third kappa shape index (κ3) is 3.01. The molecule has 0 saturated heterocycles. The number of aromatic nitrogens is 1. The summed E-state index contributed by atoms with van der Waals surface area (Å²) in [5.41, 5.74) is 0.848. The van der Waals surface area contributed by atoms with Crippen LogP contribution in [0.25, 0.3) is 0 Å². The maximum atomic E-state index is 12.0. The van der Waals surface area contributed by atoms with Gasteiger partial charge in [0.15, 0.2) is 0 Å². The summed E-state index contributed by atoms with van der Waals surface area (Å²) in [5, 5.41) is 1.94. The molecule has 1 aliphatic heterocycles. The van der Waals surface area contributed by atoms with E-state index in [-0.39, 0.29) is 30.7 Å². The molecule has 0 aromatic carbocycles. The van der Waals surface area contributed by atoms with Gasteiger partial charge in [0.25, 0.3) is 5.91 Å². The number of nitrogens with zero attached hydrogens (tertiary/aromatic N) is 2. The molecule has 0 fully saturated rings. The first-order valence-electron chi connectivity index (χ1n) is 5.59. The minimum absolute atomic E-state index is 0.0331. The van der Waals surface area contributed by atoms with Crippen molar-refractivity contribution in [1.29, 1.82) is 0 Å². The Labute approximate surface area is 116 Å². The highest BCUT2D eigenvalue weighted by atomic mass is 35.5. The van der Waals surface area contributed by atoms with E-state index >= 15 is 0 Å². The molecule has 0 bridgehead atoms. The second kappa shape index (κ2) is 5.28. The molecule has 0 saturated carbocycles. The van der Waals surface area contributed by atoms with Crippen LogP contribution in [0.15, 0.2) is 12.1 Å². The quantitative estimate of drug-likeness (QED) is 0.858. The smallest absolute Gasteiger partial charge is 0.346 e. The second-order valence-corrected chi connectivity index (χ2v) is 4.50. The molecule has 1 aromatic heterocycles. The van der Waals surface area contributed by atoms with Crippen molar-refractivity contribution in [2.24, 2.45) is 0 Å². The van der Waals surface area contributed by atoms with E-state index in [1.807, 2.05) is 0 Å². The van der Waals surface area contributed by atoms with Gasteiger partial charge in [0.05, 0.1) is 17.8 Å². The third-order valence-electron chi connectivity index (χ3n) is 2.72. The Morgan fingerprint density at radius 2 is 2.15 bits per heavy atom. The van der Waals surface area contributed by atoms with Crippen LogP contribution >= 0.6 is 11.6 Å². The van der Waals surface area contributed by atoms with Crippen LogP contribution in [0.3, 0.4) is 0 Å². The summed E-state index contributed by atoms with van der Waals surface area (Å²) in [6, 6.07) is 2.98. The van der Waals surface area contributed by atoms with Crippen LogP contribution in [-0.4, -0.2) is 41.0 Å². The third-order valence-corrected chi connectivity index (χ3v) is 2.93. The predicted octanol–water partition coefficient (Wildman–Crippen LogP) is 1.37. The molecule has 2 amide bonds. The summed E-state index contributed by atoms with van der Waals surface area (Å²) in [5.74, 6) is -2.37. The number of amides is 2. The van der Waals surface area contributed by atoms with E-state index in [0.29, 0.717) is 11.3 Å². The van der Waals surface area contributed by atoms with Gasteiger partial charge in [0.2, 0.25) is 0 Å². The van der Waals surface area contributed by atoms with Gasteiger partial charge in [-0.25, -0.2) is 4.98 Å². The number of carbonyl (C=O) groups excluding carboxylic acids is 2. The van der Waals surface area contributed by atoms with E-state index in [9.17, 15) is 22.8 Å². The zero-order chi connectivity index (χ0) is 14.9. The molecule has 0 spiro atoms. The van der Waals surface area contributed by atoms with E-state index in [1.165, 1.54) is 17.0 Å². The average molecular weight is 308 g/mol. The van der Waals surface area contributed by atoms with Crippen molar-refractivity contribution in [2.45, 2.75) is 12.7 Å². The summed E-state index contributed by atoms with van der Waals surface area (Å²) >= 11 is 5.69. The van der Waals surface area contributed by atoms with Gasteiger partial charge in [-0.1, -0.05) is 11.6 Å². The number of hydrogen-bond donors (Lipinski definition) is 1. The van der Waals surface area contributed by atoms with Crippen LogP contribution in [0, 0.1) is 0 Å². The monoisotopic (exact) mass is 307 g/mol. The molecule has 2 heterocycles. The van der Waals surface area contributed by atoms with Gasteiger partial charge >= 0.3 is 12.1 Å². The standard InChI is InChI=1S/C11H9ClF3N3O2/c12-8-2-1-6-7(17-8)5-18(9(6)19)4-3-16-10(20)11(13,14)15/h1-2H,3-5H2,(H,16,20). The lowest BCUT2D eigenvalue weighted by molar-refractivity contribution is -0.173. The average Bonchev–Trinajstić information content (AvgIpc) is 2.64. The Morgan fingerprint density at radius 1 is 1.45 bits per heavy atom. The van der Waals surface area contributed by atoms with Gasteiger partial charge in [0.1, 0.15) is 5.15 Å². The van der Waals surface area contributed by atoms with Gasteiger partial charge in [-0.3, -0.25) is 9.59 Å². The Kier molecular flexibility index (Phi) is 3.85. The van der Waals surface area contributed by atoms with E-state index in [2.05, 4.69) is 4.98 Å². The van der Waals surface area contributed by atoms with Gasteiger partial charge in [-0.15, -0.1) is 0 Å². The first-order valence-corrected chi connectivity index (χ1v) is 5.96. The van der Waals surface area contributed by atoms with Crippen molar-refractivity contribution >= 4 is 23.4 Å². The second-order valence-electron chi connectivity index (χ2n) is 4.11. The Morgan fingerprint density at radius 3 is 2.80 bits per heavy atom. The van der Waals surface area contributed by atoms with Gasteiger partial charge < -0.3 is 10.2 Å². The van der Waals surface area contributed by atoms with Crippen LogP contribution in [-0.2, 0) is 11.3 Å². The molecule has 0 unspecified atom stereocenters. The fourth-order valence-electron chi connectivity index (χ4n) is 1.80. The molecule has 1 aromatic rings. The zero-order valence-electron chi connectivity index (χ0n) is 10.00. The normalized spacial score (nSPS) is 14.4. The molecule has 2 rings (SSSR count). The molecule has 0 aliphatic carbocycles. The number of alkyl halides is 3. The maximum Gasteiger partial charge on any atom is 0.471 e. The lowest BCUT2D eigenvalue weighted by atomic mass is 10.2. The lowest BCUT2D eigenvalue weighted by Crippen LogP contribution is -2.41. The summed E-state index contributed by atoms with van der Waals surface area (Å²) in [7, 11) is 0. The minimum atomic E-state index is -4.92. The van der Waals surface area contributed by atoms with E-state index in [4.69, 9.17) is 11.6 Å². The number of hydrogen-bond acceptors (Lipinski definition) is 3. The maximum absolute atomic E-state index is 12.0. The van der Waals surface area contributed by atoms with Crippen LogP contribution < -0.4 is 5.32 Å². The molecule has 9 heteroatoms. The molecular formula is C11H9ClF3N3O2. The number of fused-ring (bicyclic) bond motifs is 1. The number of nitrogens with one attached hydrogen (secondary N) is 1. The van der Waals surface area contributed by atoms with Gasteiger partial charge in [-0.05, 0) is 12.1 Å². The Bertz CT molecular complexity index is 562. The van der Waals surface area contributed by atoms with Crippen molar-refractivity contribution in [2.75, 3.05) is 13.1 Å². The molecule has 1 N–H and O–H groups in total. The molecule has 0 atom stereocenters. The summed E-state index contributed by atoms with van der Waals surface area (Å²) in [4.78, 5) is 27.8. The SMILES string of the molecule is O=C1c2ccc(Cl)nc2CN1CCNC(=O)C(F)(F)F. The number of halogens is 4. The van der Waals surface area contributed by atoms with Gasteiger partial charge in [-0.2, -0.15) is 13.2 Å². The van der Waals surface area contributed by atoms with E-state index in [1.54, 1.807) is 5.32 Å². The number of rotatable bonds is 3. The highest BCUT2D eigenvalue weighted by Gasteiger charge is 2.38. The highest BCUT2D eigenvalue weighted by Crippen LogP contribution is 2.22. The van der Waals surface area contributed by atoms with Crippen molar-refractivity contribution in [1.82, 2.24) is 15.2 Å². The van der Waals surface area contributed by atoms with Crippen molar-refractivity contribution in [3.05, 3.63) is 28.5 Å². The fraction of sp³-hybridized carbons (Fsp3) is 0.364. The molecule has 108 valence electrons. The molecule has 0 radical (unpaired) electrons. The first kappa shape index (κ1) is 14.6. The lowest BCUT2D eigenvalue weighted by Gasteiger charge is -2.16. The minimum Gasteiger partial charge on any atom is -0.346 e. The van der Waals surface area contributed by atoms with Crippen LogP contribution in [0.2, 0.25) is 5.15 Å². The molecular weight excluding hydrogens is 299 g/mol. The molecule has 5 nitrogen and oxygen atoms in total. The van der Waals surface area contributed by atoms with Crippen LogP contribution in [0.5, 0.6) is 0 Å². The molecule has 1 aliphatic rings. The Balaban J connectivity index is 1.91. The van der Waals surface area contributed by atoms with Gasteiger partial charge in [0, 0.05) is 13.1 Å². The summed E-state index contributed by atoms with van der Waals surface area (Å²) < 4.78 is 35.9. The Hall–Kier alpha value is -1.83. The highest BCUT2D eigenvalue weighted by molar-refractivity contribution is 6.29. The zero-order valence-corrected chi connectivity index (χ0v) is 10.8. The van der Waals surface area contributed by atoms with Crippen LogP contribution in [0.4, 0.5) is 13.2 Å². The number of carbonyl (C=O) groups is 2. The summed E-state index contributed by atoms with van der Waals surface area (Å²) in [6.07, 6.45) is -4.92. The van der Waals surface area contributed by atoms with Crippen molar-refractivity contribution in [3.8, 4) is 0 Å². The van der Waals surface area contributed by atoms with E-state index < -0.39 is 12.1 Å². The predicted molar refractivity (Wildman–Crippen MR) is 63.1 cm³/mol. The topological polar surface area (TPSA) is 62.3 Å². The van der Waals surface area contributed by atoms with E-state index in [0.717, 1.165) is 0 Å². The molecule has 20 heavy (non-hydrogen) atoms. The largest absolute Gasteiger partial charge is 0.471 e. The van der Waals surface area contributed by atoms with Crippen molar-refractivity contribution in [3.63, 3.8) is 0 Å². The van der Waals surface area contributed by atoms with Crippen molar-refractivity contribution < 1.29 is 22.8 Å². The first-order chi connectivity index (χ1) is 9.29.